The van der Waals surface area contributed by atoms with Crippen molar-refractivity contribution < 1.29 is 4.79 Å². The van der Waals surface area contributed by atoms with E-state index in [4.69, 9.17) is 0 Å². The van der Waals surface area contributed by atoms with Gasteiger partial charge in [0.1, 0.15) is 0 Å². The zero-order valence-electron chi connectivity index (χ0n) is 11.8. The predicted octanol–water partition coefficient (Wildman–Crippen LogP) is 3.65. The van der Waals surface area contributed by atoms with Crippen molar-refractivity contribution >= 4 is 29.0 Å². The number of benzene rings is 1. The van der Waals surface area contributed by atoms with Crippen molar-refractivity contribution in [3.8, 4) is 0 Å². The summed E-state index contributed by atoms with van der Waals surface area (Å²) in [5, 5.41) is 7.12. The van der Waals surface area contributed by atoms with Crippen LogP contribution < -0.4 is 10.6 Å². The summed E-state index contributed by atoms with van der Waals surface area (Å²) in [5.74, 6) is 1.25. The highest BCUT2D eigenvalue weighted by Crippen LogP contribution is 2.28. The molecule has 1 fully saturated rings. The fraction of sp³-hybridized carbons (Fsp3) is 0.533. The molecular weight excluding hydrogens is 256 g/mol. The summed E-state index contributed by atoms with van der Waals surface area (Å²) in [6.07, 6.45) is 2.52. The van der Waals surface area contributed by atoms with Crippen LogP contribution in [-0.4, -0.2) is 23.0 Å². The molecule has 1 aromatic rings. The lowest BCUT2D eigenvalue weighted by Crippen LogP contribution is -2.32. The van der Waals surface area contributed by atoms with Gasteiger partial charge in [-0.25, -0.2) is 0 Å². The topological polar surface area (TPSA) is 41.1 Å². The van der Waals surface area contributed by atoms with E-state index in [1.54, 1.807) is 0 Å². The summed E-state index contributed by atoms with van der Waals surface area (Å²) < 4.78 is 0. The number of nitrogens with one attached hydrogen (secondary N) is 2. The first-order chi connectivity index (χ1) is 9.06. The maximum Gasteiger partial charge on any atom is 0.221 e. The van der Waals surface area contributed by atoms with Crippen LogP contribution in [-0.2, 0) is 4.79 Å². The predicted molar refractivity (Wildman–Crippen MR) is 84.0 cm³/mol. The second kappa shape index (κ2) is 6.33. The van der Waals surface area contributed by atoms with Gasteiger partial charge in [-0.05, 0) is 49.3 Å². The molecular formula is C15H22N2OS. The summed E-state index contributed by atoms with van der Waals surface area (Å²) in [6, 6.07) is 6.67. The molecule has 3 nitrogen and oxygen atoms in total. The van der Waals surface area contributed by atoms with Crippen LogP contribution in [0, 0.1) is 6.92 Å². The monoisotopic (exact) mass is 278 g/mol. The second-order valence-corrected chi connectivity index (χ2v) is 6.67. The first kappa shape index (κ1) is 14.3. The van der Waals surface area contributed by atoms with E-state index in [2.05, 4.69) is 23.6 Å². The Morgan fingerprint density at radius 3 is 2.84 bits per heavy atom. The standard InChI is InChI=1S/C15H22N2OS/c1-10-9-13(6-7-14(10)16-12(3)18)17-15-5-4-8-19-11(15)2/h6-7,9,11,15,17H,4-5,8H2,1-3H3,(H,16,18). The normalized spacial score (nSPS) is 22.9. The van der Waals surface area contributed by atoms with Gasteiger partial charge in [0.15, 0.2) is 0 Å². The highest BCUT2D eigenvalue weighted by molar-refractivity contribution is 8.00. The van der Waals surface area contributed by atoms with Gasteiger partial charge < -0.3 is 10.6 Å². The zero-order valence-corrected chi connectivity index (χ0v) is 12.6. The van der Waals surface area contributed by atoms with Gasteiger partial charge >= 0.3 is 0 Å². The molecule has 19 heavy (non-hydrogen) atoms. The molecule has 2 unspecified atom stereocenters. The summed E-state index contributed by atoms with van der Waals surface area (Å²) in [6.45, 7) is 5.85. The first-order valence-corrected chi connectivity index (χ1v) is 7.87. The number of hydrogen-bond acceptors (Lipinski definition) is 3. The Balaban J connectivity index is 2.05. The Morgan fingerprint density at radius 2 is 2.21 bits per heavy atom. The van der Waals surface area contributed by atoms with Crippen LogP contribution in [0.5, 0.6) is 0 Å². The summed E-state index contributed by atoms with van der Waals surface area (Å²) >= 11 is 2.04. The van der Waals surface area contributed by atoms with Gasteiger partial charge in [0.25, 0.3) is 0 Å². The third kappa shape index (κ3) is 3.90. The molecule has 1 aliphatic rings. The van der Waals surface area contributed by atoms with Gasteiger partial charge in [-0.3, -0.25) is 4.79 Å². The molecule has 4 heteroatoms. The molecule has 2 rings (SSSR count). The van der Waals surface area contributed by atoms with Gasteiger partial charge in [-0.1, -0.05) is 6.92 Å². The number of hydrogen-bond donors (Lipinski definition) is 2. The number of aryl methyl sites for hydroxylation is 1. The van der Waals surface area contributed by atoms with Crippen molar-refractivity contribution in [2.75, 3.05) is 16.4 Å². The molecule has 1 aliphatic heterocycles. The van der Waals surface area contributed by atoms with Crippen molar-refractivity contribution in [1.82, 2.24) is 0 Å². The Morgan fingerprint density at radius 1 is 1.42 bits per heavy atom. The second-order valence-electron chi connectivity index (χ2n) is 5.18. The molecule has 0 spiro atoms. The summed E-state index contributed by atoms with van der Waals surface area (Å²) in [5.41, 5.74) is 3.13. The quantitative estimate of drug-likeness (QED) is 0.886. The number of anilines is 2. The molecule has 2 N–H and O–H groups in total. The lowest BCUT2D eigenvalue weighted by Gasteiger charge is -2.30. The molecule has 1 amide bonds. The lowest BCUT2D eigenvalue weighted by molar-refractivity contribution is -0.114. The minimum Gasteiger partial charge on any atom is -0.381 e. The van der Waals surface area contributed by atoms with Crippen LogP contribution in [0.3, 0.4) is 0 Å². The van der Waals surface area contributed by atoms with E-state index >= 15 is 0 Å². The Labute approximate surface area is 119 Å². The van der Waals surface area contributed by atoms with Crippen molar-refractivity contribution in [3.05, 3.63) is 23.8 Å². The maximum atomic E-state index is 11.1. The van der Waals surface area contributed by atoms with Crippen LogP contribution in [0.2, 0.25) is 0 Å². The third-order valence-electron chi connectivity index (χ3n) is 3.50. The van der Waals surface area contributed by atoms with E-state index in [0.717, 1.165) is 16.9 Å². The third-order valence-corrected chi connectivity index (χ3v) is 4.87. The summed E-state index contributed by atoms with van der Waals surface area (Å²) in [7, 11) is 0. The van der Waals surface area contributed by atoms with E-state index in [-0.39, 0.29) is 5.91 Å². The van der Waals surface area contributed by atoms with Crippen LogP contribution in [0.25, 0.3) is 0 Å². The maximum absolute atomic E-state index is 11.1. The smallest absolute Gasteiger partial charge is 0.221 e. The average molecular weight is 278 g/mol. The fourth-order valence-electron chi connectivity index (χ4n) is 2.41. The largest absolute Gasteiger partial charge is 0.381 e. The zero-order chi connectivity index (χ0) is 13.8. The molecule has 2 atom stereocenters. The molecule has 1 heterocycles. The average Bonchev–Trinajstić information content (AvgIpc) is 2.35. The van der Waals surface area contributed by atoms with Crippen LogP contribution >= 0.6 is 11.8 Å². The van der Waals surface area contributed by atoms with Crippen LogP contribution in [0.4, 0.5) is 11.4 Å². The Bertz CT molecular complexity index is 461. The number of rotatable bonds is 3. The van der Waals surface area contributed by atoms with E-state index in [9.17, 15) is 4.79 Å². The molecule has 0 radical (unpaired) electrons. The van der Waals surface area contributed by atoms with E-state index < -0.39 is 0 Å². The van der Waals surface area contributed by atoms with Gasteiger partial charge in [0.05, 0.1) is 0 Å². The van der Waals surface area contributed by atoms with Crippen molar-refractivity contribution in [1.29, 1.82) is 0 Å². The molecule has 0 saturated carbocycles. The van der Waals surface area contributed by atoms with E-state index in [0.29, 0.717) is 11.3 Å². The molecule has 1 aromatic carbocycles. The van der Waals surface area contributed by atoms with Crippen LogP contribution in [0.1, 0.15) is 32.3 Å². The molecule has 0 aliphatic carbocycles. The highest BCUT2D eigenvalue weighted by Gasteiger charge is 2.21. The molecule has 0 bridgehead atoms. The number of thioether (sulfide) groups is 1. The Kier molecular flexibility index (Phi) is 4.75. The molecule has 0 aromatic heterocycles. The lowest BCUT2D eigenvalue weighted by atomic mass is 10.1. The minimum absolute atomic E-state index is 0.0267. The van der Waals surface area contributed by atoms with E-state index in [1.807, 2.05) is 30.8 Å². The van der Waals surface area contributed by atoms with Gasteiger partial charge in [0.2, 0.25) is 5.91 Å². The molecule has 104 valence electrons. The van der Waals surface area contributed by atoms with Gasteiger partial charge in [-0.15, -0.1) is 0 Å². The fourth-order valence-corrected chi connectivity index (χ4v) is 3.55. The van der Waals surface area contributed by atoms with Gasteiger partial charge in [-0.2, -0.15) is 11.8 Å². The van der Waals surface area contributed by atoms with Crippen molar-refractivity contribution in [2.24, 2.45) is 0 Å². The van der Waals surface area contributed by atoms with Crippen LogP contribution in [0.15, 0.2) is 18.2 Å². The minimum atomic E-state index is -0.0267. The SMILES string of the molecule is CC(=O)Nc1ccc(NC2CCCSC2C)cc1C. The van der Waals surface area contributed by atoms with Gasteiger partial charge in [0, 0.05) is 29.6 Å². The molecule has 1 saturated heterocycles. The summed E-state index contributed by atoms with van der Waals surface area (Å²) in [4.78, 5) is 11.1. The number of carbonyl (C=O) groups is 1. The number of carbonyl (C=O) groups excluding carboxylic acids is 1. The van der Waals surface area contributed by atoms with Crippen molar-refractivity contribution in [2.45, 2.75) is 44.9 Å². The Hall–Kier alpha value is -1.16. The van der Waals surface area contributed by atoms with Crippen molar-refractivity contribution in [3.63, 3.8) is 0 Å². The highest BCUT2D eigenvalue weighted by atomic mass is 32.2. The van der Waals surface area contributed by atoms with E-state index in [1.165, 1.54) is 25.5 Å². The number of amides is 1. The first-order valence-electron chi connectivity index (χ1n) is 6.82.